The van der Waals surface area contributed by atoms with Crippen LogP contribution in [-0.2, 0) is 0 Å². The lowest BCUT2D eigenvalue weighted by molar-refractivity contribution is 0.0928. The molecule has 1 aromatic carbocycles. The number of nitrogens with one attached hydrogen (secondary N) is 1. The number of carbonyl (C=O) groups excluding carboxylic acids is 1. The topological polar surface area (TPSA) is 45.2 Å². The number of nitrogens with zero attached hydrogens (tertiary/aromatic N) is 2. The van der Waals surface area contributed by atoms with Crippen LogP contribution in [0.1, 0.15) is 16.1 Å². The molecule has 3 atom stereocenters. The average molecular weight is 299 g/mol. The lowest BCUT2D eigenvalue weighted by Crippen LogP contribution is -2.42. The molecular formula is C16H17N3OS. The summed E-state index contributed by atoms with van der Waals surface area (Å²) in [5.74, 6) is 0.656. The maximum absolute atomic E-state index is 12.4. The van der Waals surface area contributed by atoms with Crippen molar-refractivity contribution in [3.8, 4) is 10.6 Å². The fraction of sp³-hybridized carbons (Fsp3) is 0.375. The summed E-state index contributed by atoms with van der Waals surface area (Å²) < 4.78 is 0. The SMILES string of the molecule is O=C(NC1CN2CCC1C2)c1cnc(-c2ccccc2)s1. The van der Waals surface area contributed by atoms with Crippen molar-refractivity contribution in [1.29, 1.82) is 0 Å². The Labute approximate surface area is 127 Å². The number of piperidine rings is 1. The zero-order valence-electron chi connectivity index (χ0n) is 11.7. The first-order valence-electron chi connectivity index (χ1n) is 7.34. The number of amides is 1. The number of hydrogen-bond acceptors (Lipinski definition) is 4. The molecular weight excluding hydrogens is 282 g/mol. The van der Waals surface area contributed by atoms with Crippen molar-refractivity contribution in [1.82, 2.24) is 15.2 Å². The van der Waals surface area contributed by atoms with Crippen LogP contribution in [0.2, 0.25) is 0 Å². The van der Waals surface area contributed by atoms with Crippen molar-refractivity contribution in [3.63, 3.8) is 0 Å². The smallest absolute Gasteiger partial charge is 0.263 e. The van der Waals surface area contributed by atoms with E-state index in [1.54, 1.807) is 6.20 Å². The second-order valence-corrected chi connectivity index (χ2v) is 6.81. The van der Waals surface area contributed by atoms with Crippen molar-refractivity contribution in [3.05, 3.63) is 41.4 Å². The highest BCUT2D eigenvalue weighted by Gasteiger charge is 2.38. The fourth-order valence-corrected chi connectivity index (χ4v) is 4.11. The van der Waals surface area contributed by atoms with Crippen LogP contribution in [0, 0.1) is 5.92 Å². The van der Waals surface area contributed by atoms with E-state index in [0.717, 1.165) is 23.7 Å². The molecule has 4 rings (SSSR count). The number of fused-ring (bicyclic) bond motifs is 2. The van der Waals surface area contributed by atoms with E-state index >= 15 is 0 Å². The van der Waals surface area contributed by atoms with Crippen LogP contribution in [0.5, 0.6) is 0 Å². The van der Waals surface area contributed by atoms with E-state index in [2.05, 4.69) is 15.2 Å². The molecule has 1 aromatic heterocycles. The molecule has 108 valence electrons. The Morgan fingerprint density at radius 2 is 2.14 bits per heavy atom. The van der Waals surface area contributed by atoms with Gasteiger partial charge in [-0.2, -0.15) is 0 Å². The van der Waals surface area contributed by atoms with E-state index < -0.39 is 0 Å². The monoisotopic (exact) mass is 299 g/mol. The van der Waals surface area contributed by atoms with Gasteiger partial charge >= 0.3 is 0 Å². The predicted molar refractivity (Wildman–Crippen MR) is 83.4 cm³/mol. The molecule has 1 N–H and O–H groups in total. The third kappa shape index (κ3) is 2.47. The van der Waals surface area contributed by atoms with Crippen LogP contribution in [-0.4, -0.2) is 41.5 Å². The van der Waals surface area contributed by atoms with Crippen LogP contribution in [0.3, 0.4) is 0 Å². The second kappa shape index (κ2) is 5.24. The summed E-state index contributed by atoms with van der Waals surface area (Å²) in [5.41, 5.74) is 1.06. The Kier molecular flexibility index (Phi) is 3.24. The lowest BCUT2D eigenvalue weighted by Gasteiger charge is -2.22. The van der Waals surface area contributed by atoms with Gasteiger partial charge in [0.2, 0.25) is 0 Å². The van der Waals surface area contributed by atoms with Gasteiger partial charge in [-0.25, -0.2) is 4.98 Å². The molecule has 0 aliphatic carbocycles. The number of rotatable bonds is 3. The zero-order chi connectivity index (χ0) is 14.2. The summed E-state index contributed by atoms with van der Waals surface area (Å²) >= 11 is 1.46. The van der Waals surface area contributed by atoms with Gasteiger partial charge in [-0.3, -0.25) is 4.79 Å². The Balaban J connectivity index is 1.47. The van der Waals surface area contributed by atoms with Gasteiger partial charge in [-0.05, 0) is 18.9 Å². The third-order valence-electron chi connectivity index (χ3n) is 4.40. The van der Waals surface area contributed by atoms with Crippen LogP contribution in [0.15, 0.2) is 36.5 Å². The number of aromatic nitrogens is 1. The molecule has 2 bridgehead atoms. The molecule has 3 unspecified atom stereocenters. The van der Waals surface area contributed by atoms with Gasteiger partial charge in [-0.15, -0.1) is 11.3 Å². The minimum absolute atomic E-state index is 0.0217. The molecule has 5 heteroatoms. The number of carbonyl (C=O) groups is 1. The van der Waals surface area contributed by atoms with Gasteiger partial charge < -0.3 is 10.2 Å². The lowest BCUT2D eigenvalue weighted by atomic mass is 10.00. The maximum atomic E-state index is 12.4. The van der Waals surface area contributed by atoms with E-state index in [1.165, 1.54) is 24.3 Å². The molecule has 21 heavy (non-hydrogen) atoms. The first-order chi connectivity index (χ1) is 10.3. The van der Waals surface area contributed by atoms with Gasteiger partial charge in [-0.1, -0.05) is 30.3 Å². The van der Waals surface area contributed by atoms with Gasteiger partial charge in [0.15, 0.2) is 0 Å². The first kappa shape index (κ1) is 13.0. The molecule has 2 aliphatic heterocycles. The van der Waals surface area contributed by atoms with Crippen molar-refractivity contribution in [2.45, 2.75) is 12.5 Å². The largest absolute Gasteiger partial charge is 0.347 e. The van der Waals surface area contributed by atoms with E-state index in [9.17, 15) is 4.79 Å². The first-order valence-corrected chi connectivity index (χ1v) is 8.16. The molecule has 2 aliphatic rings. The normalized spacial score (nSPS) is 27.0. The van der Waals surface area contributed by atoms with Crippen LogP contribution in [0.4, 0.5) is 0 Å². The summed E-state index contributed by atoms with van der Waals surface area (Å²) in [6.45, 7) is 3.33. The van der Waals surface area contributed by atoms with Crippen LogP contribution >= 0.6 is 11.3 Å². The molecule has 2 saturated heterocycles. The molecule has 2 fully saturated rings. The van der Waals surface area contributed by atoms with Gasteiger partial charge in [0.05, 0.1) is 6.20 Å². The highest BCUT2D eigenvalue weighted by molar-refractivity contribution is 7.16. The van der Waals surface area contributed by atoms with Crippen molar-refractivity contribution in [2.24, 2.45) is 5.92 Å². The highest BCUT2D eigenvalue weighted by Crippen LogP contribution is 2.29. The molecule has 4 nitrogen and oxygen atoms in total. The summed E-state index contributed by atoms with van der Waals surface area (Å²) in [5, 5.41) is 4.08. The van der Waals surface area contributed by atoms with Crippen molar-refractivity contribution in [2.75, 3.05) is 19.6 Å². The molecule has 0 spiro atoms. The summed E-state index contributed by atoms with van der Waals surface area (Å²) in [6, 6.07) is 10.3. The average Bonchev–Trinajstić information content (AvgIpc) is 3.24. The fourth-order valence-electron chi connectivity index (χ4n) is 3.28. The van der Waals surface area contributed by atoms with Gasteiger partial charge in [0, 0.05) is 24.7 Å². The van der Waals surface area contributed by atoms with E-state index in [1.807, 2.05) is 30.3 Å². The van der Waals surface area contributed by atoms with E-state index in [0.29, 0.717) is 16.8 Å². The van der Waals surface area contributed by atoms with Crippen molar-refractivity contribution >= 4 is 17.2 Å². The molecule has 2 aromatic rings. The Morgan fingerprint density at radius 1 is 1.29 bits per heavy atom. The van der Waals surface area contributed by atoms with E-state index in [4.69, 9.17) is 0 Å². The highest BCUT2D eigenvalue weighted by atomic mass is 32.1. The van der Waals surface area contributed by atoms with Gasteiger partial charge in [0.25, 0.3) is 5.91 Å². The molecule has 0 saturated carbocycles. The number of thiazole rings is 1. The predicted octanol–water partition coefficient (Wildman–Crippen LogP) is 2.24. The minimum Gasteiger partial charge on any atom is -0.347 e. The summed E-state index contributed by atoms with van der Waals surface area (Å²) in [6.07, 6.45) is 2.90. The second-order valence-electron chi connectivity index (χ2n) is 5.78. The minimum atomic E-state index is 0.0217. The maximum Gasteiger partial charge on any atom is 0.263 e. The zero-order valence-corrected chi connectivity index (χ0v) is 12.5. The van der Waals surface area contributed by atoms with Gasteiger partial charge in [0.1, 0.15) is 9.88 Å². The third-order valence-corrected chi connectivity index (χ3v) is 5.44. The Morgan fingerprint density at radius 3 is 2.86 bits per heavy atom. The molecule has 3 heterocycles. The number of hydrogen-bond donors (Lipinski definition) is 1. The molecule has 0 radical (unpaired) electrons. The Bertz CT molecular complexity index is 655. The number of benzene rings is 1. The Hall–Kier alpha value is -1.72. The summed E-state index contributed by atoms with van der Waals surface area (Å²) in [4.78, 5) is 19.9. The van der Waals surface area contributed by atoms with E-state index in [-0.39, 0.29) is 5.91 Å². The summed E-state index contributed by atoms with van der Waals surface area (Å²) in [7, 11) is 0. The van der Waals surface area contributed by atoms with Crippen LogP contribution in [0.25, 0.3) is 10.6 Å². The van der Waals surface area contributed by atoms with Crippen LogP contribution < -0.4 is 5.32 Å². The standard InChI is InChI=1S/C16H17N3OS/c20-15(18-13-10-19-7-6-12(13)9-19)14-8-17-16(21-14)11-4-2-1-3-5-11/h1-5,8,12-13H,6-7,9-10H2,(H,18,20). The van der Waals surface area contributed by atoms with Crippen molar-refractivity contribution < 1.29 is 4.79 Å². The quantitative estimate of drug-likeness (QED) is 0.945. The molecule has 1 amide bonds.